The smallest absolute Gasteiger partial charge is 0.166 e. The number of rotatable bonds is 18. The van der Waals surface area contributed by atoms with Crippen LogP contribution in [0, 0.1) is 0 Å². The number of benzene rings is 1. The number of nitrogens with two attached hydrogens (primary N) is 2. The minimum Gasteiger partial charge on any atom is -0.330 e. The lowest BCUT2D eigenvalue weighted by molar-refractivity contribution is -0.126. The molecule has 1 heterocycles. The van der Waals surface area contributed by atoms with Gasteiger partial charge in [0.2, 0.25) is 0 Å². The molecule has 2 atom stereocenters. The first-order chi connectivity index (χ1) is 16.1. The second-order valence-corrected chi connectivity index (χ2v) is 9.32. The highest BCUT2D eigenvalue weighted by molar-refractivity contribution is 5.89. The predicted octanol–water partition coefficient (Wildman–Crippen LogP) is 5.59. The van der Waals surface area contributed by atoms with Crippen molar-refractivity contribution in [3.63, 3.8) is 0 Å². The average molecular weight is 455 g/mol. The maximum Gasteiger partial charge on any atom is 0.166 e. The number of hydrogen-bond acceptors (Lipinski definition) is 5. The van der Waals surface area contributed by atoms with E-state index < -0.39 is 6.04 Å². The summed E-state index contributed by atoms with van der Waals surface area (Å²) in [5.41, 5.74) is 14.3. The molecule has 2 aromatic rings. The van der Waals surface area contributed by atoms with E-state index in [1.165, 1.54) is 30.2 Å². The molecule has 0 bridgehead atoms. The Hall–Kier alpha value is -1.82. The van der Waals surface area contributed by atoms with Gasteiger partial charge in [0.1, 0.15) is 0 Å². The molecule has 184 valence electrons. The SMILES string of the molecule is CCCCCCN(Cc1ccnc2ccccc12)C(CCCCC)C(=O)[C@@H](N)CCCCN. The Labute approximate surface area is 201 Å². The number of aromatic nitrogens is 1. The van der Waals surface area contributed by atoms with Crippen LogP contribution in [0.2, 0.25) is 0 Å². The van der Waals surface area contributed by atoms with Crippen molar-refractivity contribution in [2.45, 2.75) is 103 Å². The van der Waals surface area contributed by atoms with Crippen molar-refractivity contribution < 1.29 is 4.79 Å². The second kappa shape index (κ2) is 15.9. The van der Waals surface area contributed by atoms with E-state index in [4.69, 9.17) is 11.5 Å². The number of pyridine rings is 1. The van der Waals surface area contributed by atoms with Gasteiger partial charge in [0.15, 0.2) is 5.78 Å². The zero-order chi connectivity index (χ0) is 23.9. The summed E-state index contributed by atoms with van der Waals surface area (Å²) in [5, 5.41) is 1.17. The molecule has 0 saturated carbocycles. The van der Waals surface area contributed by atoms with Crippen molar-refractivity contribution in [3.05, 3.63) is 42.1 Å². The zero-order valence-electron chi connectivity index (χ0n) is 21.0. The summed E-state index contributed by atoms with van der Waals surface area (Å²) in [6.45, 7) is 6.78. The molecule has 0 aliphatic rings. The molecule has 1 aromatic carbocycles. The average Bonchev–Trinajstić information content (AvgIpc) is 2.84. The van der Waals surface area contributed by atoms with Crippen LogP contribution in [0.3, 0.4) is 0 Å². The quantitative estimate of drug-likeness (QED) is 0.287. The molecule has 0 amide bonds. The molecule has 1 unspecified atom stereocenters. The first-order valence-corrected chi connectivity index (χ1v) is 13.2. The summed E-state index contributed by atoms with van der Waals surface area (Å²) in [7, 11) is 0. The Balaban J connectivity index is 2.27. The van der Waals surface area contributed by atoms with Gasteiger partial charge in [-0.3, -0.25) is 14.7 Å². The fourth-order valence-corrected chi connectivity index (χ4v) is 4.59. The third-order valence-electron chi connectivity index (χ3n) is 6.60. The van der Waals surface area contributed by atoms with Gasteiger partial charge in [0, 0.05) is 18.1 Å². The Morgan fingerprint density at radius 2 is 1.67 bits per heavy atom. The van der Waals surface area contributed by atoms with E-state index in [-0.39, 0.29) is 11.8 Å². The van der Waals surface area contributed by atoms with Crippen LogP contribution in [0.4, 0.5) is 0 Å². The predicted molar refractivity (Wildman–Crippen MR) is 140 cm³/mol. The molecule has 5 heteroatoms. The topological polar surface area (TPSA) is 85.2 Å². The molecule has 0 spiro atoms. The Bertz CT molecular complexity index is 804. The number of carbonyl (C=O) groups excluding carboxylic acids is 1. The summed E-state index contributed by atoms with van der Waals surface area (Å²) >= 11 is 0. The Morgan fingerprint density at radius 3 is 2.42 bits per heavy atom. The monoisotopic (exact) mass is 454 g/mol. The number of nitrogens with zero attached hydrogens (tertiary/aromatic N) is 2. The highest BCUT2D eigenvalue weighted by atomic mass is 16.1. The Morgan fingerprint density at radius 1 is 0.939 bits per heavy atom. The van der Waals surface area contributed by atoms with E-state index in [9.17, 15) is 4.79 Å². The first kappa shape index (κ1) is 27.4. The molecule has 4 N–H and O–H groups in total. The van der Waals surface area contributed by atoms with Gasteiger partial charge in [-0.2, -0.15) is 0 Å². The summed E-state index contributed by atoms with van der Waals surface area (Å²) in [6.07, 6.45) is 13.4. The van der Waals surface area contributed by atoms with Crippen LogP contribution < -0.4 is 11.5 Å². The molecular weight excluding hydrogens is 408 g/mol. The third-order valence-corrected chi connectivity index (χ3v) is 6.60. The normalized spacial score (nSPS) is 13.5. The highest BCUT2D eigenvalue weighted by Crippen LogP contribution is 2.23. The number of para-hydroxylation sites is 1. The molecule has 5 nitrogen and oxygen atoms in total. The number of hydrogen-bond donors (Lipinski definition) is 2. The van der Waals surface area contributed by atoms with Crippen LogP contribution in [0.25, 0.3) is 10.9 Å². The van der Waals surface area contributed by atoms with E-state index >= 15 is 0 Å². The van der Waals surface area contributed by atoms with Crippen LogP contribution in [-0.2, 0) is 11.3 Å². The third kappa shape index (κ3) is 9.15. The lowest BCUT2D eigenvalue weighted by atomic mass is 9.94. The Kier molecular flexibility index (Phi) is 13.2. The molecule has 33 heavy (non-hydrogen) atoms. The van der Waals surface area contributed by atoms with Crippen LogP contribution in [0.15, 0.2) is 36.5 Å². The van der Waals surface area contributed by atoms with Crippen molar-refractivity contribution in [1.82, 2.24) is 9.88 Å². The minimum absolute atomic E-state index is 0.127. The lowest BCUT2D eigenvalue weighted by Crippen LogP contribution is -2.48. The molecule has 2 rings (SSSR count). The van der Waals surface area contributed by atoms with E-state index in [1.807, 2.05) is 12.3 Å². The van der Waals surface area contributed by atoms with Gasteiger partial charge in [-0.05, 0) is 56.5 Å². The summed E-state index contributed by atoms with van der Waals surface area (Å²) in [6, 6.07) is 9.86. The van der Waals surface area contributed by atoms with Crippen molar-refractivity contribution in [2.24, 2.45) is 11.5 Å². The zero-order valence-corrected chi connectivity index (χ0v) is 21.0. The molecule has 0 fully saturated rings. The maximum atomic E-state index is 13.6. The van der Waals surface area contributed by atoms with Gasteiger partial charge >= 0.3 is 0 Å². The van der Waals surface area contributed by atoms with Gasteiger partial charge in [0.25, 0.3) is 0 Å². The van der Waals surface area contributed by atoms with E-state index in [2.05, 4.69) is 48.0 Å². The number of fused-ring (bicyclic) bond motifs is 1. The van der Waals surface area contributed by atoms with Gasteiger partial charge in [-0.1, -0.05) is 77.0 Å². The van der Waals surface area contributed by atoms with Crippen LogP contribution >= 0.6 is 0 Å². The minimum atomic E-state index is -0.407. The van der Waals surface area contributed by atoms with Crippen molar-refractivity contribution in [3.8, 4) is 0 Å². The van der Waals surface area contributed by atoms with Gasteiger partial charge < -0.3 is 11.5 Å². The van der Waals surface area contributed by atoms with Crippen LogP contribution in [0.1, 0.15) is 90.0 Å². The molecule has 0 radical (unpaired) electrons. The molecule has 1 aromatic heterocycles. The largest absolute Gasteiger partial charge is 0.330 e. The maximum absolute atomic E-state index is 13.6. The lowest BCUT2D eigenvalue weighted by Gasteiger charge is -2.33. The first-order valence-electron chi connectivity index (χ1n) is 13.2. The summed E-state index contributed by atoms with van der Waals surface area (Å²) in [5.74, 6) is 0.206. The van der Waals surface area contributed by atoms with Crippen molar-refractivity contribution >= 4 is 16.7 Å². The number of Topliss-reactive ketones (excluding diaryl/α,β-unsaturated/α-hetero) is 1. The van der Waals surface area contributed by atoms with E-state index in [0.717, 1.165) is 70.0 Å². The second-order valence-electron chi connectivity index (χ2n) is 9.32. The van der Waals surface area contributed by atoms with E-state index in [1.54, 1.807) is 0 Å². The van der Waals surface area contributed by atoms with Crippen LogP contribution in [-0.4, -0.2) is 40.8 Å². The summed E-state index contributed by atoms with van der Waals surface area (Å²) < 4.78 is 0. The molecular formula is C28H46N4O. The van der Waals surface area contributed by atoms with Gasteiger partial charge in [-0.15, -0.1) is 0 Å². The number of carbonyl (C=O) groups is 1. The van der Waals surface area contributed by atoms with Crippen LogP contribution in [0.5, 0.6) is 0 Å². The number of ketones is 1. The van der Waals surface area contributed by atoms with Crippen molar-refractivity contribution in [2.75, 3.05) is 13.1 Å². The fraction of sp³-hybridized carbons (Fsp3) is 0.643. The molecule has 0 saturated heterocycles. The standard InChI is InChI=1S/C28H46N4O/c1-3-5-7-13-21-32(22-23-18-20-31-26-16-10-9-14-24(23)26)27(17-8-6-4-2)28(33)25(30)15-11-12-19-29/h9-10,14,16,18,20,25,27H,3-8,11-13,15,17,19,21-22,29-30H2,1-2H3/t25-,27?/m0/s1. The molecule has 0 aliphatic heterocycles. The summed E-state index contributed by atoms with van der Waals surface area (Å²) in [4.78, 5) is 20.6. The molecule has 0 aliphatic carbocycles. The van der Waals surface area contributed by atoms with E-state index in [0.29, 0.717) is 6.54 Å². The van der Waals surface area contributed by atoms with Crippen molar-refractivity contribution in [1.29, 1.82) is 0 Å². The fourth-order valence-electron chi connectivity index (χ4n) is 4.59. The number of unbranched alkanes of at least 4 members (excludes halogenated alkanes) is 6. The highest BCUT2D eigenvalue weighted by Gasteiger charge is 2.29. The van der Waals surface area contributed by atoms with Gasteiger partial charge in [0.05, 0.1) is 17.6 Å². The van der Waals surface area contributed by atoms with Gasteiger partial charge in [-0.25, -0.2) is 0 Å².